The molecule has 0 heterocycles. The summed E-state index contributed by atoms with van der Waals surface area (Å²) in [7, 11) is 0. The molecule has 0 unspecified atom stereocenters. The van der Waals surface area contributed by atoms with Crippen LogP contribution in [0.5, 0.6) is 0 Å². The molecule has 0 fully saturated rings. The molecule has 2 nitrogen and oxygen atoms in total. The van der Waals surface area contributed by atoms with Crippen LogP contribution in [0, 0.1) is 0 Å². The first kappa shape index (κ1) is 10.7. The fourth-order valence-corrected chi connectivity index (χ4v) is 0. The van der Waals surface area contributed by atoms with E-state index in [0.29, 0.717) is 0 Å². The third-order valence-corrected chi connectivity index (χ3v) is 0.302. The first-order chi connectivity index (χ1) is 3.68. The molecule has 0 aliphatic carbocycles. The largest absolute Gasteiger partial charge is 0.481 e. The van der Waals surface area contributed by atoms with Gasteiger partial charge in [0.15, 0.2) is 0 Å². The predicted molar refractivity (Wildman–Crippen MR) is 34.3 cm³/mol. The first-order valence-corrected chi connectivity index (χ1v) is 3.00. The van der Waals surface area contributed by atoms with Crippen LogP contribution in [-0.4, -0.2) is 17.0 Å². The number of hydrogen-bond acceptors (Lipinski definition) is 1. The zero-order valence-corrected chi connectivity index (χ0v) is 5.90. The monoisotopic (exact) mass is 138 g/mol. The highest BCUT2D eigenvalue weighted by molar-refractivity contribution is 6.17. The molecule has 0 aromatic rings. The predicted octanol–water partition coefficient (Wildman–Crippen LogP) is 1.73. The lowest BCUT2D eigenvalue weighted by Gasteiger charge is -1.71. The highest BCUT2D eigenvalue weighted by Crippen LogP contribution is 1.67. The Morgan fingerprint density at radius 3 is 1.75 bits per heavy atom. The van der Waals surface area contributed by atoms with E-state index in [-0.39, 0.29) is 6.42 Å². The van der Waals surface area contributed by atoms with Gasteiger partial charge in [0.2, 0.25) is 0 Å². The van der Waals surface area contributed by atoms with Gasteiger partial charge < -0.3 is 5.11 Å². The van der Waals surface area contributed by atoms with Crippen LogP contribution < -0.4 is 0 Å². The molecule has 0 aliphatic rings. The zero-order valence-electron chi connectivity index (χ0n) is 5.15. The molecule has 0 amide bonds. The van der Waals surface area contributed by atoms with Gasteiger partial charge >= 0.3 is 5.97 Å². The first-order valence-electron chi connectivity index (χ1n) is 2.46. The minimum atomic E-state index is -0.745. The summed E-state index contributed by atoms with van der Waals surface area (Å²) in [5.41, 5.74) is 0. The van der Waals surface area contributed by atoms with Crippen molar-refractivity contribution < 1.29 is 9.90 Å². The molecule has 0 saturated heterocycles. The molecule has 0 aliphatic heterocycles. The topological polar surface area (TPSA) is 37.3 Å². The third kappa shape index (κ3) is 42.1. The van der Waals surface area contributed by atoms with Crippen LogP contribution in [-0.2, 0) is 4.79 Å². The number of carboxylic acid groups (broad SMARTS) is 1. The SMILES string of the molecule is CCC(=O)O.CCCl. The van der Waals surface area contributed by atoms with Crippen molar-refractivity contribution in [1.82, 2.24) is 0 Å². The molecule has 3 heteroatoms. The van der Waals surface area contributed by atoms with Crippen LogP contribution in [0.3, 0.4) is 0 Å². The minimum absolute atomic E-state index is 0.222. The van der Waals surface area contributed by atoms with Gasteiger partial charge in [0.05, 0.1) is 0 Å². The minimum Gasteiger partial charge on any atom is -0.481 e. The summed E-state index contributed by atoms with van der Waals surface area (Å²) in [6, 6.07) is 0. The maximum Gasteiger partial charge on any atom is 0.303 e. The van der Waals surface area contributed by atoms with E-state index in [1.807, 2.05) is 6.92 Å². The number of aliphatic carboxylic acids is 1. The van der Waals surface area contributed by atoms with E-state index < -0.39 is 5.97 Å². The lowest BCUT2D eigenvalue weighted by molar-refractivity contribution is -0.136. The van der Waals surface area contributed by atoms with Gasteiger partial charge in [-0.25, -0.2) is 0 Å². The van der Waals surface area contributed by atoms with Gasteiger partial charge in [0.25, 0.3) is 0 Å². The Bertz CT molecular complexity index is 54.4. The van der Waals surface area contributed by atoms with E-state index in [1.165, 1.54) is 0 Å². The third-order valence-electron chi connectivity index (χ3n) is 0.302. The second-order valence-corrected chi connectivity index (χ2v) is 1.55. The van der Waals surface area contributed by atoms with Crippen molar-refractivity contribution in [2.45, 2.75) is 20.3 Å². The molecule has 8 heavy (non-hydrogen) atoms. The van der Waals surface area contributed by atoms with Crippen LogP contribution in [0.15, 0.2) is 0 Å². The lowest BCUT2D eigenvalue weighted by Crippen LogP contribution is -1.86. The van der Waals surface area contributed by atoms with Gasteiger partial charge in [-0.05, 0) is 0 Å². The fourth-order valence-electron chi connectivity index (χ4n) is 0. The summed E-state index contributed by atoms with van der Waals surface area (Å²) >= 11 is 5.00. The number of rotatable bonds is 1. The van der Waals surface area contributed by atoms with Gasteiger partial charge in [-0.1, -0.05) is 13.8 Å². The van der Waals surface area contributed by atoms with Crippen molar-refractivity contribution in [3.8, 4) is 0 Å². The molecule has 0 radical (unpaired) electrons. The summed E-state index contributed by atoms with van der Waals surface area (Å²) in [5.74, 6) is -0.0231. The van der Waals surface area contributed by atoms with E-state index in [0.717, 1.165) is 5.88 Å². The molecule has 0 aromatic heterocycles. The lowest BCUT2D eigenvalue weighted by atomic mass is 10.5. The Morgan fingerprint density at radius 1 is 1.62 bits per heavy atom. The molecule has 0 saturated carbocycles. The summed E-state index contributed by atoms with van der Waals surface area (Å²) < 4.78 is 0. The molecular weight excluding hydrogens is 128 g/mol. The van der Waals surface area contributed by atoms with Gasteiger partial charge in [0, 0.05) is 12.3 Å². The molecule has 0 rings (SSSR count). The van der Waals surface area contributed by atoms with Crippen LogP contribution >= 0.6 is 11.6 Å². The van der Waals surface area contributed by atoms with Gasteiger partial charge in [0.1, 0.15) is 0 Å². The van der Waals surface area contributed by atoms with E-state index in [2.05, 4.69) is 0 Å². The quantitative estimate of drug-likeness (QED) is 0.561. The van der Waals surface area contributed by atoms with Crippen molar-refractivity contribution in [3.63, 3.8) is 0 Å². The second-order valence-electron chi connectivity index (χ2n) is 1.01. The Morgan fingerprint density at radius 2 is 1.75 bits per heavy atom. The van der Waals surface area contributed by atoms with E-state index in [4.69, 9.17) is 16.7 Å². The number of alkyl halides is 1. The summed E-state index contributed by atoms with van der Waals surface area (Å²) in [5, 5.41) is 7.72. The summed E-state index contributed by atoms with van der Waals surface area (Å²) in [4.78, 5) is 9.37. The number of carboxylic acids is 1. The molecule has 0 aromatic carbocycles. The average molecular weight is 139 g/mol. The van der Waals surface area contributed by atoms with Gasteiger partial charge in [-0.15, -0.1) is 11.6 Å². The summed E-state index contributed by atoms with van der Waals surface area (Å²) in [6.07, 6.45) is 0.222. The van der Waals surface area contributed by atoms with Crippen molar-refractivity contribution in [3.05, 3.63) is 0 Å². The molecule has 50 valence electrons. The Hall–Kier alpha value is -0.240. The summed E-state index contributed by atoms with van der Waals surface area (Å²) in [6.45, 7) is 3.49. The molecular formula is C5H11ClO2. The van der Waals surface area contributed by atoms with Gasteiger partial charge in [-0.3, -0.25) is 4.79 Å². The normalized spacial score (nSPS) is 6.88. The second kappa shape index (κ2) is 9.90. The Kier molecular flexibility index (Phi) is 13.2. The van der Waals surface area contributed by atoms with Crippen LogP contribution in [0.1, 0.15) is 20.3 Å². The Labute approximate surface area is 54.5 Å². The molecule has 0 bridgehead atoms. The van der Waals surface area contributed by atoms with Crippen LogP contribution in [0.4, 0.5) is 0 Å². The standard InChI is InChI=1S/C3H6O2.C2H5Cl/c1-2-3(4)5;1-2-3/h2H2,1H3,(H,4,5);2H2,1H3. The average Bonchev–Trinajstić information content (AvgIpc) is 1.69. The molecule has 0 spiro atoms. The van der Waals surface area contributed by atoms with Crippen LogP contribution in [0.25, 0.3) is 0 Å². The zero-order chi connectivity index (χ0) is 6.99. The Balaban J connectivity index is 0. The molecule has 0 atom stereocenters. The number of hydrogen-bond donors (Lipinski definition) is 1. The van der Waals surface area contributed by atoms with E-state index in [9.17, 15) is 4.79 Å². The van der Waals surface area contributed by atoms with E-state index >= 15 is 0 Å². The van der Waals surface area contributed by atoms with Crippen molar-refractivity contribution in [1.29, 1.82) is 0 Å². The maximum atomic E-state index is 9.37. The van der Waals surface area contributed by atoms with Crippen molar-refractivity contribution in [2.24, 2.45) is 0 Å². The smallest absolute Gasteiger partial charge is 0.303 e. The fraction of sp³-hybridized carbons (Fsp3) is 0.800. The van der Waals surface area contributed by atoms with Crippen molar-refractivity contribution >= 4 is 17.6 Å². The van der Waals surface area contributed by atoms with Gasteiger partial charge in [-0.2, -0.15) is 0 Å². The number of carbonyl (C=O) groups is 1. The number of halogens is 1. The highest BCUT2D eigenvalue weighted by Gasteiger charge is 1.80. The van der Waals surface area contributed by atoms with E-state index in [1.54, 1.807) is 6.92 Å². The maximum absolute atomic E-state index is 9.37. The van der Waals surface area contributed by atoms with Crippen molar-refractivity contribution in [2.75, 3.05) is 5.88 Å². The molecule has 1 N–H and O–H groups in total. The van der Waals surface area contributed by atoms with Crippen LogP contribution in [0.2, 0.25) is 0 Å². The highest BCUT2D eigenvalue weighted by atomic mass is 35.5.